The van der Waals surface area contributed by atoms with Gasteiger partial charge in [-0.1, -0.05) is 6.07 Å². The van der Waals surface area contributed by atoms with Gasteiger partial charge in [0.05, 0.1) is 12.5 Å². The maximum Gasteiger partial charge on any atom is 0.227 e. The van der Waals surface area contributed by atoms with Gasteiger partial charge in [-0.3, -0.25) is 4.79 Å². The number of nitrogens with one attached hydrogen (secondary N) is 1. The van der Waals surface area contributed by atoms with Gasteiger partial charge >= 0.3 is 0 Å². The Kier molecular flexibility index (Phi) is 3.96. The largest absolute Gasteiger partial charge is 0.340 e. The number of thiophene rings is 1. The molecule has 1 fully saturated rings. The van der Waals surface area contributed by atoms with Crippen molar-refractivity contribution in [2.75, 3.05) is 20.1 Å². The monoisotopic (exact) mass is 238 g/mol. The lowest BCUT2D eigenvalue weighted by Gasteiger charge is -2.26. The summed E-state index contributed by atoms with van der Waals surface area (Å²) in [6, 6.07) is 4.11. The van der Waals surface area contributed by atoms with E-state index in [4.69, 9.17) is 0 Å². The highest BCUT2D eigenvalue weighted by atomic mass is 32.1. The number of carbonyl (C=O) groups is 1. The van der Waals surface area contributed by atoms with Gasteiger partial charge in [-0.25, -0.2) is 0 Å². The quantitative estimate of drug-likeness (QED) is 0.869. The third kappa shape index (κ3) is 2.83. The third-order valence-corrected chi connectivity index (χ3v) is 3.86. The zero-order valence-electron chi connectivity index (χ0n) is 9.61. The highest BCUT2D eigenvalue weighted by molar-refractivity contribution is 7.09. The van der Waals surface area contributed by atoms with E-state index in [-0.39, 0.29) is 11.8 Å². The molecule has 16 heavy (non-hydrogen) atoms. The van der Waals surface area contributed by atoms with Crippen LogP contribution in [0.2, 0.25) is 0 Å². The van der Waals surface area contributed by atoms with Crippen LogP contribution in [-0.4, -0.2) is 30.9 Å². The first-order chi connectivity index (χ1) is 7.77. The molecule has 1 aliphatic heterocycles. The maximum atomic E-state index is 12.1. The van der Waals surface area contributed by atoms with Crippen LogP contribution in [0.5, 0.6) is 0 Å². The molecule has 2 rings (SSSR count). The van der Waals surface area contributed by atoms with Gasteiger partial charge in [-0.2, -0.15) is 0 Å². The van der Waals surface area contributed by atoms with Crippen molar-refractivity contribution in [2.45, 2.75) is 19.4 Å². The van der Waals surface area contributed by atoms with Gasteiger partial charge in [0, 0.05) is 18.5 Å². The molecule has 0 aliphatic carbocycles. The van der Waals surface area contributed by atoms with Gasteiger partial charge in [-0.05, 0) is 30.8 Å². The number of carbonyl (C=O) groups excluding carboxylic acids is 1. The Labute approximate surface area is 100 Å². The first-order valence-electron chi connectivity index (χ1n) is 5.75. The van der Waals surface area contributed by atoms with Crippen LogP contribution in [0.1, 0.15) is 17.7 Å². The molecular weight excluding hydrogens is 220 g/mol. The molecule has 0 unspecified atom stereocenters. The Morgan fingerprint density at radius 3 is 3.19 bits per heavy atom. The Balaban J connectivity index is 1.88. The van der Waals surface area contributed by atoms with Gasteiger partial charge in [-0.15, -0.1) is 11.3 Å². The molecule has 0 aromatic carbocycles. The normalized spacial score (nSPS) is 20.7. The van der Waals surface area contributed by atoms with Crippen LogP contribution < -0.4 is 5.32 Å². The highest BCUT2D eigenvalue weighted by Gasteiger charge is 2.23. The van der Waals surface area contributed by atoms with E-state index in [2.05, 4.69) is 16.8 Å². The van der Waals surface area contributed by atoms with Gasteiger partial charge in [0.1, 0.15) is 0 Å². The van der Waals surface area contributed by atoms with Crippen LogP contribution >= 0.6 is 11.3 Å². The van der Waals surface area contributed by atoms with Crippen molar-refractivity contribution in [3.8, 4) is 0 Å². The maximum absolute atomic E-state index is 12.1. The first-order valence-corrected chi connectivity index (χ1v) is 6.63. The Morgan fingerprint density at radius 1 is 1.69 bits per heavy atom. The van der Waals surface area contributed by atoms with Crippen LogP contribution in [0.3, 0.4) is 0 Å². The van der Waals surface area contributed by atoms with Crippen molar-refractivity contribution in [3.63, 3.8) is 0 Å². The fourth-order valence-corrected chi connectivity index (χ4v) is 2.85. The van der Waals surface area contributed by atoms with E-state index in [1.165, 1.54) is 4.88 Å². The van der Waals surface area contributed by atoms with Crippen molar-refractivity contribution in [2.24, 2.45) is 5.92 Å². The van der Waals surface area contributed by atoms with Gasteiger partial charge in [0.2, 0.25) is 5.91 Å². The van der Waals surface area contributed by atoms with Crippen molar-refractivity contribution in [3.05, 3.63) is 22.4 Å². The van der Waals surface area contributed by atoms with E-state index < -0.39 is 0 Å². The minimum Gasteiger partial charge on any atom is -0.340 e. The topological polar surface area (TPSA) is 32.3 Å². The molecular formula is C12H18N2OS. The minimum atomic E-state index is 0.179. The van der Waals surface area contributed by atoms with Crippen LogP contribution in [0.25, 0.3) is 0 Å². The fraction of sp³-hybridized carbons (Fsp3) is 0.583. The summed E-state index contributed by atoms with van der Waals surface area (Å²) in [6.45, 7) is 2.64. The molecule has 3 nitrogen and oxygen atoms in total. The van der Waals surface area contributed by atoms with E-state index in [1.807, 2.05) is 18.0 Å². The van der Waals surface area contributed by atoms with Gasteiger partial charge < -0.3 is 10.2 Å². The molecule has 0 bridgehead atoms. The molecule has 1 aromatic heterocycles. The van der Waals surface area contributed by atoms with E-state index in [0.29, 0.717) is 0 Å². The Hall–Kier alpha value is -0.870. The van der Waals surface area contributed by atoms with Gasteiger partial charge in [0.25, 0.3) is 0 Å². The van der Waals surface area contributed by atoms with Crippen molar-refractivity contribution in [1.82, 2.24) is 10.2 Å². The number of rotatable bonds is 3. The Bertz CT molecular complexity index is 331. The molecule has 1 aliphatic rings. The van der Waals surface area contributed by atoms with Crippen molar-refractivity contribution >= 4 is 17.2 Å². The number of hydrogen-bond acceptors (Lipinski definition) is 3. The minimum absolute atomic E-state index is 0.179. The smallest absolute Gasteiger partial charge is 0.227 e. The Morgan fingerprint density at radius 2 is 2.56 bits per heavy atom. The fourth-order valence-electron chi connectivity index (χ4n) is 2.09. The zero-order chi connectivity index (χ0) is 11.4. The molecule has 1 saturated heterocycles. The van der Waals surface area contributed by atoms with Crippen LogP contribution in [0.15, 0.2) is 17.5 Å². The molecule has 1 aromatic rings. The van der Waals surface area contributed by atoms with E-state index in [0.717, 1.165) is 32.5 Å². The molecule has 0 saturated carbocycles. The van der Waals surface area contributed by atoms with Gasteiger partial charge in [0.15, 0.2) is 0 Å². The number of nitrogens with zero attached hydrogens (tertiary/aromatic N) is 1. The number of amides is 1. The van der Waals surface area contributed by atoms with E-state index in [1.54, 1.807) is 11.3 Å². The van der Waals surface area contributed by atoms with Crippen molar-refractivity contribution < 1.29 is 4.79 Å². The second-order valence-electron chi connectivity index (χ2n) is 4.32. The molecule has 88 valence electrons. The molecule has 1 N–H and O–H groups in total. The summed E-state index contributed by atoms with van der Waals surface area (Å²) in [6.07, 6.45) is 2.14. The van der Waals surface area contributed by atoms with Crippen LogP contribution in [0.4, 0.5) is 0 Å². The third-order valence-electron chi connectivity index (χ3n) is 3.00. The molecule has 0 radical (unpaired) electrons. The molecule has 4 heteroatoms. The van der Waals surface area contributed by atoms with E-state index >= 15 is 0 Å². The zero-order valence-corrected chi connectivity index (χ0v) is 10.4. The average Bonchev–Trinajstić information content (AvgIpc) is 2.82. The van der Waals surface area contributed by atoms with E-state index in [9.17, 15) is 4.79 Å². The van der Waals surface area contributed by atoms with Crippen molar-refractivity contribution in [1.29, 1.82) is 0 Å². The second kappa shape index (κ2) is 5.46. The number of piperidine rings is 1. The average molecular weight is 238 g/mol. The summed E-state index contributed by atoms with van der Waals surface area (Å²) in [5.41, 5.74) is 0. The summed E-state index contributed by atoms with van der Waals surface area (Å²) in [5, 5.41) is 5.34. The summed E-state index contributed by atoms with van der Waals surface area (Å²) in [4.78, 5) is 15.2. The molecule has 1 atom stereocenters. The lowest BCUT2D eigenvalue weighted by Crippen LogP contribution is -2.41. The standard InChI is InChI=1S/C12H18N2OS/c1-14(9-11-5-3-7-16-11)12(15)10-4-2-6-13-8-10/h3,5,7,10,13H,2,4,6,8-9H2,1H3/t10-/m0/s1. The summed E-state index contributed by atoms with van der Waals surface area (Å²) in [7, 11) is 1.90. The molecule has 0 spiro atoms. The summed E-state index contributed by atoms with van der Waals surface area (Å²) in [5.74, 6) is 0.458. The highest BCUT2D eigenvalue weighted by Crippen LogP contribution is 2.16. The van der Waals surface area contributed by atoms with Crippen LogP contribution in [-0.2, 0) is 11.3 Å². The SMILES string of the molecule is CN(Cc1cccs1)C(=O)[C@H]1CCCNC1. The lowest BCUT2D eigenvalue weighted by molar-refractivity contribution is -0.135. The lowest BCUT2D eigenvalue weighted by atomic mass is 9.98. The predicted molar refractivity (Wildman–Crippen MR) is 66.4 cm³/mol. The summed E-state index contributed by atoms with van der Waals surface area (Å²) < 4.78 is 0. The molecule has 2 heterocycles. The second-order valence-corrected chi connectivity index (χ2v) is 5.35. The molecule has 1 amide bonds. The van der Waals surface area contributed by atoms with Crippen LogP contribution in [0, 0.1) is 5.92 Å². The predicted octanol–water partition coefficient (Wildman–Crippen LogP) is 1.71. The summed E-state index contributed by atoms with van der Waals surface area (Å²) >= 11 is 1.71. The number of hydrogen-bond donors (Lipinski definition) is 1. The first kappa shape index (κ1) is 11.6.